The van der Waals surface area contributed by atoms with Gasteiger partial charge < -0.3 is 10.2 Å². The molecule has 1 aromatic heterocycles. The van der Waals surface area contributed by atoms with Gasteiger partial charge in [0, 0.05) is 19.5 Å². The Kier molecular flexibility index (Phi) is 4.08. The van der Waals surface area contributed by atoms with Crippen LogP contribution in [-0.4, -0.2) is 52.2 Å². The van der Waals surface area contributed by atoms with Crippen molar-refractivity contribution in [1.29, 1.82) is 0 Å². The van der Waals surface area contributed by atoms with Crippen LogP contribution < -0.4 is 5.32 Å². The van der Waals surface area contributed by atoms with Gasteiger partial charge in [-0.15, -0.1) is 5.10 Å². The van der Waals surface area contributed by atoms with Crippen LogP contribution in [-0.2, 0) is 6.42 Å². The van der Waals surface area contributed by atoms with Crippen molar-refractivity contribution in [3.63, 3.8) is 0 Å². The second-order valence-electron chi connectivity index (χ2n) is 4.26. The van der Waals surface area contributed by atoms with E-state index in [1.807, 2.05) is 6.92 Å². The fourth-order valence-corrected chi connectivity index (χ4v) is 1.97. The third-order valence-corrected chi connectivity index (χ3v) is 2.98. The molecule has 1 aliphatic heterocycles. The summed E-state index contributed by atoms with van der Waals surface area (Å²) in [5.41, 5.74) is 0. The van der Waals surface area contributed by atoms with Crippen molar-refractivity contribution in [3.05, 3.63) is 11.6 Å². The van der Waals surface area contributed by atoms with Crippen molar-refractivity contribution in [3.8, 4) is 0 Å². The van der Waals surface area contributed by atoms with E-state index in [1.165, 1.54) is 12.8 Å². The van der Waals surface area contributed by atoms with Crippen LogP contribution in [0.2, 0.25) is 0 Å². The van der Waals surface area contributed by atoms with Crippen LogP contribution >= 0.6 is 0 Å². The number of hydrogen-bond acceptors (Lipinski definition) is 4. The van der Waals surface area contributed by atoms with Crippen molar-refractivity contribution >= 4 is 5.91 Å². The molecule has 0 atom stereocenters. The first-order valence-electron chi connectivity index (χ1n) is 6.21. The Morgan fingerprint density at radius 1 is 1.47 bits per heavy atom. The van der Waals surface area contributed by atoms with E-state index in [4.69, 9.17) is 0 Å². The van der Waals surface area contributed by atoms with Gasteiger partial charge in [-0.25, -0.2) is 4.98 Å². The summed E-state index contributed by atoms with van der Waals surface area (Å²) >= 11 is 0. The second-order valence-corrected chi connectivity index (χ2v) is 4.26. The average molecular weight is 237 g/mol. The Hall–Kier alpha value is -1.43. The lowest BCUT2D eigenvalue weighted by Crippen LogP contribution is -2.33. The monoisotopic (exact) mass is 237 g/mol. The van der Waals surface area contributed by atoms with Crippen molar-refractivity contribution in [1.82, 2.24) is 25.4 Å². The first kappa shape index (κ1) is 12.0. The minimum Gasteiger partial charge on any atom is -0.348 e. The standard InChI is InChI=1S/C11H19N5O/c1-2-9-13-10(15-14-9)11(17)12-5-8-16-6-3-4-7-16/h2-8H2,1H3,(H,12,17)(H,13,14,15). The third-order valence-electron chi connectivity index (χ3n) is 2.98. The van der Waals surface area contributed by atoms with Gasteiger partial charge in [-0.3, -0.25) is 9.89 Å². The summed E-state index contributed by atoms with van der Waals surface area (Å²) in [6.07, 6.45) is 3.30. The number of amides is 1. The van der Waals surface area contributed by atoms with Crippen LogP contribution in [0.25, 0.3) is 0 Å². The molecule has 1 amide bonds. The van der Waals surface area contributed by atoms with Gasteiger partial charge in [-0.2, -0.15) is 0 Å². The normalized spacial score (nSPS) is 16.3. The lowest BCUT2D eigenvalue weighted by atomic mass is 10.4. The highest BCUT2D eigenvalue weighted by atomic mass is 16.2. The van der Waals surface area contributed by atoms with E-state index in [-0.39, 0.29) is 11.7 Å². The van der Waals surface area contributed by atoms with Crippen molar-refractivity contribution < 1.29 is 4.79 Å². The van der Waals surface area contributed by atoms with Crippen LogP contribution in [0, 0.1) is 0 Å². The molecule has 6 heteroatoms. The minimum absolute atomic E-state index is 0.194. The molecule has 1 saturated heterocycles. The van der Waals surface area contributed by atoms with Gasteiger partial charge >= 0.3 is 0 Å². The molecule has 6 nitrogen and oxygen atoms in total. The molecule has 2 N–H and O–H groups in total. The second kappa shape index (κ2) is 5.77. The van der Waals surface area contributed by atoms with Gasteiger partial charge in [-0.05, 0) is 25.9 Å². The summed E-state index contributed by atoms with van der Waals surface area (Å²) in [6.45, 7) is 5.84. The summed E-state index contributed by atoms with van der Waals surface area (Å²) in [5, 5.41) is 9.45. The van der Waals surface area contributed by atoms with Gasteiger partial charge in [0.1, 0.15) is 5.82 Å². The molecule has 94 valence electrons. The zero-order valence-corrected chi connectivity index (χ0v) is 10.2. The van der Waals surface area contributed by atoms with Gasteiger partial charge in [0.25, 0.3) is 5.91 Å². The highest BCUT2D eigenvalue weighted by molar-refractivity contribution is 5.90. The molecule has 0 aromatic carbocycles. The highest BCUT2D eigenvalue weighted by Crippen LogP contribution is 2.05. The van der Waals surface area contributed by atoms with E-state index in [0.717, 1.165) is 31.9 Å². The smallest absolute Gasteiger partial charge is 0.291 e. The molecule has 0 spiro atoms. The molecule has 1 aromatic rings. The van der Waals surface area contributed by atoms with Crippen LogP contribution in [0.4, 0.5) is 0 Å². The van der Waals surface area contributed by atoms with Gasteiger partial charge in [0.05, 0.1) is 0 Å². The Morgan fingerprint density at radius 2 is 2.24 bits per heavy atom. The third kappa shape index (κ3) is 3.26. The van der Waals surface area contributed by atoms with Crippen LogP contribution in [0.15, 0.2) is 0 Å². The van der Waals surface area contributed by atoms with Gasteiger partial charge in [0.2, 0.25) is 5.82 Å². The number of nitrogens with one attached hydrogen (secondary N) is 2. The van der Waals surface area contributed by atoms with Crippen molar-refractivity contribution in [2.45, 2.75) is 26.2 Å². The molecule has 0 bridgehead atoms. The quantitative estimate of drug-likeness (QED) is 0.767. The number of aromatic amines is 1. The fraction of sp³-hybridized carbons (Fsp3) is 0.727. The van der Waals surface area contributed by atoms with Gasteiger partial charge in [0.15, 0.2) is 0 Å². The Balaban J connectivity index is 1.72. The predicted molar refractivity (Wildman–Crippen MR) is 63.8 cm³/mol. The number of carbonyl (C=O) groups excluding carboxylic acids is 1. The summed E-state index contributed by atoms with van der Waals surface area (Å²) < 4.78 is 0. The first-order chi connectivity index (χ1) is 8.29. The van der Waals surface area contributed by atoms with E-state index < -0.39 is 0 Å². The van der Waals surface area contributed by atoms with Crippen molar-refractivity contribution in [2.24, 2.45) is 0 Å². The van der Waals surface area contributed by atoms with Crippen molar-refractivity contribution in [2.75, 3.05) is 26.2 Å². The zero-order valence-electron chi connectivity index (χ0n) is 10.2. The van der Waals surface area contributed by atoms with E-state index in [1.54, 1.807) is 0 Å². The van der Waals surface area contributed by atoms with E-state index in [0.29, 0.717) is 6.54 Å². The predicted octanol–water partition coefficient (Wildman–Crippen LogP) is 0.193. The molecular weight excluding hydrogens is 218 g/mol. The van der Waals surface area contributed by atoms with E-state index in [9.17, 15) is 4.79 Å². The number of aromatic nitrogens is 3. The van der Waals surface area contributed by atoms with Crippen LogP contribution in [0.3, 0.4) is 0 Å². The molecular formula is C11H19N5O. The number of rotatable bonds is 5. The number of carbonyl (C=O) groups is 1. The first-order valence-corrected chi connectivity index (χ1v) is 6.21. The maximum Gasteiger partial charge on any atom is 0.291 e. The number of aryl methyl sites for hydroxylation is 1. The largest absolute Gasteiger partial charge is 0.348 e. The summed E-state index contributed by atoms with van der Waals surface area (Å²) in [5.74, 6) is 0.790. The van der Waals surface area contributed by atoms with Crippen LogP contribution in [0.1, 0.15) is 36.2 Å². The topological polar surface area (TPSA) is 73.9 Å². The number of likely N-dealkylation sites (tertiary alicyclic amines) is 1. The molecule has 17 heavy (non-hydrogen) atoms. The highest BCUT2D eigenvalue weighted by Gasteiger charge is 2.13. The number of H-pyrrole nitrogens is 1. The fourth-order valence-electron chi connectivity index (χ4n) is 1.97. The summed E-state index contributed by atoms with van der Waals surface area (Å²) in [4.78, 5) is 18.1. The Morgan fingerprint density at radius 3 is 2.88 bits per heavy atom. The zero-order chi connectivity index (χ0) is 12.1. The minimum atomic E-state index is -0.194. The molecule has 0 radical (unpaired) electrons. The lowest BCUT2D eigenvalue weighted by molar-refractivity contribution is 0.0939. The molecule has 1 aliphatic rings. The molecule has 2 rings (SSSR count). The Labute approximate surface area is 101 Å². The lowest BCUT2D eigenvalue weighted by Gasteiger charge is -2.13. The van der Waals surface area contributed by atoms with Crippen LogP contribution in [0.5, 0.6) is 0 Å². The molecule has 0 saturated carbocycles. The van der Waals surface area contributed by atoms with Gasteiger partial charge in [-0.1, -0.05) is 6.92 Å². The SMILES string of the molecule is CCc1nc(C(=O)NCCN2CCCC2)n[nH]1. The molecule has 1 fully saturated rings. The number of nitrogens with zero attached hydrogens (tertiary/aromatic N) is 3. The van der Waals surface area contributed by atoms with E-state index >= 15 is 0 Å². The summed E-state index contributed by atoms with van der Waals surface area (Å²) in [7, 11) is 0. The Bertz CT molecular complexity index is 370. The maximum absolute atomic E-state index is 11.7. The average Bonchev–Trinajstić information content (AvgIpc) is 2.99. The molecule has 0 aliphatic carbocycles. The number of hydrogen-bond donors (Lipinski definition) is 2. The molecule has 0 unspecified atom stereocenters. The summed E-state index contributed by atoms with van der Waals surface area (Å²) in [6, 6.07) is 0. The maximum atomic E-state index is 11.7. The van der Waals surface area contributed by atoms with E-state index in [2.05, 4.69) is 25.4 Å². The molecule has 2 heterocycles.